The van der Waals surface area contributed by atoms with E-state index in [4.69, 9.17) is 4.52 Å². The molecule has 1 aliphatic rings. The van der Waals surface area contributed by atoms with E-state index in [1.54, 1.807) is 6.92 Å². The summed E-state index contributed by atoms with van der Waals surface area (Å²) in [5, 5.41) is 6.66. The summed E-state index contributed by atoms with van der Waals surface area (Å²) in [5.41, 5.74) is 2.27. The van der Waals surface area contributed by atoms with Gasteiger partial charge in [0, 0.05) is 17.3 Å². The first-order valence-corrected chi connectivity index (χ1v) is 6.94. The lowest BCUT2D eigenvalue weighted by Crippen LogP contribution is -2.27. The van der Waals surface area contributed by atoms with Gasteiger partial charge in [-0.1, -0.05) is 5.16 Å². The molecule has 0 aromatic carbocycles. The molecular weight excluding hydrogens is 272 g/mol. The Morgan fingerprint density at radius 3 is 3.05 bits per heavy atom. The number of nitrogens with zero attached hydrogens (tertiary/aromatic N) is 3. The van der Waals surface area contributed by atoms with Crippen molar-refractivity contribution >= 4 is 11.8 Å². The summed E-state index contributed by atoms with van der Waals surface area (Å²) in [6, 6.07) is 1.39. The Hall–Kier alpha value is -2.44. The summed E-state index contributed by atoms with van der Waals surface area (Å²) in [7, 11) is 0. The molecule has 3 rings (SSSR count). The molecule has 0 bridgehead atoms. The number of aromatic nitrogens is 3. The molecule has 21 heavy (non-hydrogen) atoms. The van der Waals surface area contributed by atoms with Crippen molar-refractivity contribution in [3.05, 3.63) is 39.7 Å². The summed E-state index contributed by atoms with van der Waals surface area (Å²) in [4.78, 5) is 27.7. The van der Waals surface area contributed by atoms with Gasteiger partial charge < -0.3 is 4.52 Å². The quantitative estimate of drug-likeness (QED) is 0.912. The molecule has 1 aliphatic carbocycles. The molecule has 2 heterocycles. The second kappa shape index (κ2) is 5.51. The fourth-order valence-electron chi connectivity index (χ4n) is 2.44. The predicted octanol–water partition coefficient (Wildman–Crippen LogP) is 1.06. The Kier molecular flexibility index (Phi) is 3.55. The van der Waals surface area contributed by atoms with Gasteiger partial charge in [0.2, 0.25) is 11.8 Å². The number of fused-ring (bicyclic) bond motifs is 1. The van der Waals surface area contributed by atoms with Gasteiger partial charge in [-0.05, 0) is 32.6 Å². The zero-order chi connectivity index (χ0) is 14.8. The molecule has 110 valence electrons. The number of hydrogen-bond donors (Lipinski definition) is 1. The lowest BCUT2D eigenvalue weighted by molar-refractivity contribution is -0.116. The molecule has 1 amide bonds. The fraction of sp³-hybridized carbons (Fsp3) is 0.429. The molecule has 2 aromatic rings. The van der Waals surface area contributed by atoms with Crippen molar-refractivity contribution in [1.29, 1.82) is 0 Å². The second-order valence-corrected chi connectivity index (χ2v) is 5.19. The third kappa shape index (κ3) is 2.86. The average Bonchev–Trinajstić information content (AvgIpc) is 2.85. The number of nitrogens with one attached hydrogen (secondary N) is 1. The number of rotatable bonds is 3. The standard InChI is InChI=1S/C14H16N4O3/c1-9-6-13(20)18(8-15-9)7-12(19)16-14-10-4-2-3-5-11(10)17-21-14/h6,8H,2-5,7H2,1H3,(H,16,19). The van der Waals surface area contributed by atoms with Crippen molar-refractivity contribution in [2.24, 2.45) is 0 Å². The average molecular weight is 288 g/mol. The van der Waals surface area contributed by atoms with Crippen LogP contribution in [0.2, 0.25) is 0 Å². The number of anilines is 1. The Balaban J connectivity index is 1.72. The third-order valence-electron chi connectivity index (χ3n) is 3.54. The highest BCUT2D eigenvalue weighted by atomic mass is 16.5. The minimum Gasteiger partial charge on any atom is -0.338 e. The van der Waals surface area contributed by atoms with Crippen molar-refractivity contribution in [1.82, 2.24) is 14.7 Å². The number of carbonyl (C=O) groups is 1. The van der Waals surface area contributed by atoms with Gasteiger partial charge in [0.15, 0.2) is 0 Å². The molecule has 7 heteroatoms. The van der Waals surface area contributed by atoms with Crippen LogP contribution in [0.1, 0.15) is 29.8 Å². The maximum Gasteiger partial charge on any atom is 0.253 e. The van der Waals surface area contributed by atoms with Gasteiger partial charge in [-0.25, -0.2) is 4.98 Å². The summed E-state index contributed by atoms with van der Waals surface area (Å²) >= 11 is 0. The molecule has 0 fully saturated rings. The van der Waals surface area contributed by atoms with E-state index in [1.807, 2.05) is 0 Å². The molecule has 0 aliphatic heterocycles. The van der Waals surface area contributed by atoms with Crippen LogP contribution in [0, 0.1) is 6.92 Å². The molecule has 0 saturated carbocycles. The second-order valence-electron chi connectivity index (χ2n) is 5.19. The van der Waals surface area contributed by atoms with Crippen molar-refractivity contribution in [3.63, 3.8) is 0 Å². The monoisotopic (exact) mass is 288 g/mol. The van der Waals surface area contributed by atoms with E-state index in [0.717, 1.165) is 36.9 Å². The first-order valence-electron chi connectivity index (χ1n) is 6.94. The van der Waals surface area contributed by atoms with Gasteiger partial charge in [0.25, 0.3) is 5.56 Å². The largest absolute Gasteiger partial charge is 0.338 e. The van der Waals surface area contributed by atoms with Gasteiger partial charge in [-0.15, -0.1) is 0 Å². The van der Waals surface area contributed by atoms with E-state index in [-0.39, 0.29) is 18.0 Å². The van der Waals surface area contributed by atoms with Crippen LogP contribution in [-0.2, 0) is 24.2 Å². The van der Waals surface area contributed by atoms with E-state index >= 15 is 0 Å². The van der Waals surface area contributed by atoms with Crippen LogP contribution in [-0.4, -0.2) is 20.6 Å². The van der Waals surface area contributed by atoms with Crippen LogP contribution in [0.3, 0.4) is 0 Å². The van der Waals surface area contributed by atoms with Crippen LogP contribution in [0.4, 0.5) is 5.88 Å². The Bertz CT molecular complexity index is 732. The summed E-state index contributed by atoms with van der Waals surface area (Å²) in [6.07, 6.45) is 5.28. The van der Waals surface area contributed by atoms with Gasteiger partial charge in [-0.3, -0.25) is 19.5 Å². The van der Waals surface area contributed by atoms with Crippen LogP contribution in [0.25, 0.3) is 0 Å². The summed E-state index contributed by atoms with van der Waals surface area (Å²) < 4.78 is 6.45. The van der Waals surface area contributed by atoms with Gasteiger partial charge >= 0.3 is 0 Å². The molecule has 0 unspecified atom stereocenters. The van der Waals surface area contributed by atoms with Crippen molar-refractivity contribution in [2.45, 2.75) is 39.2 Å². The Morgan fingerprint density at radius 1 is 1.43 bits per heavy atom. The van der Waals surface area contributed by atoms with Crippen molar-refractivity contribution in [2.75, 3.05) is 5.32 Å². The molecule has 2 aromatic heterocycles. The molecular formula is C14H16N4O3. The molecule has 0 spiro atoms. The maximum absolute atomic E-state index is 12.0. The van der Waals surface area contributed by atoms with E-state index < -0.39 is 0 Å². The first-order chi connectivity index (χ1) is 10.1. The number of aryl methyl sites for hydroxylation is 2. The lowest BCUT2D eigenvalue weighted by Gasteiger charge is -2.10. The van der Waals surface area contributed by atoms with Crippen LogP contribution < -0.4 is 10.9 Å². The fourth-order valence-corrected chi connectivity index (χ4v) is 2.44. The third-order valence-corrected chi connectivity index (χ3v) is 3.54. The van der Waals surface area contributed by atoms with E-state index in [1.165, 1.54) is 17.0 Å². The maximum atomic E-state index is 12.0. The Morgan fingerprint density at radius 2 is 2.24 bits per heavy atom. The zero-order valence-corrected chi connectivity index (χ0v) is 11.8. The van der Waals surface area contributed by atoms with Gasteiger partial charge in [-0.2, -0.15) is 0 Å². The van der Waals surface area contributed by atoms with E-state index in [0.29, 0.717) is 11.6 Å². The van der Waals surface area contributed by atoms with E-state index in [2.05, 4.69) is 15.5 Å². The van der Waals surface area contributed by atoms with Crippen molar-refractivity contribution < 1.29 is 9.32 Å². The minimum absolute atomic E-state index is 0.0956. The minimum atomic E-state index is -0.327. The first kappa shape index (κ1) is 13.5. The summed E-state index contributed by atoms with van der Waals surface area (Å²) in [5.74, 6) is 0.0788. The molecule has 7 nitrogen and oxygen atoms in total. The molecule has 0 atom stereocenters. The lowest BCUT2D eigenvalue weighted by atomic mass is 9.98. The topological polar surface area (TPSA) is 90.0 Å². The van der Waals surface area contributed by atoms with Crippen molar-refractivity contribution in [3.8, 4) is 0 Å². The number of amides is 1. The normalized spacial score (nSPS) is 13.8. The van der Waals surface area contributed by atoms with E-state index in [9.17, 15) is 9.59 Å². The van der Waals surface area contributed by atoms with Crippen LogP contribution in [0.15, 0.2) is 21.7 Å². The number of carbonyl (C=O) groups excluding carboxylic acids is 1. The summed E-state index contributed by atoms with van der Waals surface area (Å²) in [6.45, 7) is 1.63. The smallest absolute Gasteiger partial charge is 0.253 e. The van der Waals surface area contributed by atoms with Crippen LogP contribution in [0.5, 0.6) is 0 Å². The SMILES string of the molecule is Cc1cc(=O)n(CC(=O)Nc2onc3c2CCCC3)cn1. The predicted molar refractivity (Wildman–Crippen MR) is 75.0 cm³/mol. The highest BCUT2D eigenvalue weighted by molar-refractivity contribution is 5.89. The molecule has 1 N–H and O–H groups in total. The molecule has 0 saturated heterocycles. The van der Waals surface area contributed by atoms with Gasteiger partial charge in [0.05, 0.1) is 12.0 Å². The van der Waals surface area contributed by atoms with Crippen LogP contribution >= 0.6 is 0 Å². The zero-order valence-electron chi connectivity index (χ0n) is 11.8. The Labute approximate surface area is 121 Å². The highest BCUT2D eigenvalue weighted by Gasteiger charge is 2.20. The van der Waals surface area contributed by atoms with Gasteiger partial charge in [0.1, 0.15) is 6.54 Å². The highest BCUT2D eigenvalue weighted by Crippen LogP contribution is 2.27. The molecule has 0 radical (unpaired) electrons. The number of hydrogen-bond acceptors (Lipinski definition) is 5.